The Morgan fingerprint density at radius 2 is 0.402 bits per heavy atom. The summed E-state index contributed by atoms with van der Waals surface area (Å²) < 4.78 is 0. The average Bonchev–Trinajstić information content (AvgIpc) is 1.34. The van der Waals surface area contributed by atoms with E-state index in [1.165, 1.54) is 22.7 Å². The maximum atomic E-state index is 3.79. The van der Waals surface area contributed by atoms with E-state index in [1.807, 2.05) is 0 Å². The van der Waals surface area contributed by atoms with Gasteiger partial charge in [0.15, 0.2) is 0 Å². The van der Waals surface area contributed by atoms with E-state index < -0.39 is 0 Å². The zero-order chi connectivity index (χ0) is 64.3. The molecule has 0 aliphatic heterocycles. The monoisotopic (exact) mass is 1210 g/mol. The first-order chi connectivity index (χ1) is 45.3. The van der Waals surface area contributed by atoms with E-state index in [-0.39, 0.29) is 0 Å². The third kappa shape index (κ3) is 18.6. The zero-order valence-electron chi connectivity index (χ0n) is 56.8. The second-order valence-corrected chi connectivity index (χ2v) is 25.0. The lowest BCUT2D eigenvalue weighted by atomic mass is 9.86. The Hall–Kier alpha value is -9.00. The van der Waals surface area contributed by atoms with E-state index in [4.69, 9.17) is 0 Å². The van der Waals surface area contributed by atoms with Crippen LogP contribution in [-0.4, -0.2) is 52.4 Å². The molecule has 0 fully saturated rings. The van der Waals surface area contributed by atoms with Gasteiger partial charge in [-0.3, -0.25) is 0 Å². The Bertz CT molecular complexity index is 3530. The van der Waals surface area contributed by atoms with E-state index in [0.29, 0.717) is 0 Å². The maximum Gasteiger partial charge on any atom is 0.0432 e. The van der Waals surface area contributed by atoms with Crippen molar-refractivity contribution in [3.8, 4) is 94.7 Å². The number of unbranched alkanes of at least 4 members (excludes halogenated alkanes) is 8. The summed E-state index contributed by atoms with van der Waals surface area (Å²) in [6.07, 6.45) is 20.9. The molecule has 6 aromatic carbocycles. The second-order valence-electron chi connectivity index (χ2n) is 25.0. The number of hydrogen-bond donors (Lipinski definition) is 0. The molecule has 0 heterocycles. The zero-order valence-corrected chi connectivity index (χ0v) is 56.8. The Morgan fingerprint density at radius 3 is 0.587 bits per heavy atom. The van der Waals surface area contributed by atoms with Crippen LogP contribution in [0.3, 0.4) is 0 Å². The van der Waals surface area contributed by atoms with Crippen molar-refractivity contribution in [2.24, 2.45) is 0 Å². The first kappa shape index (κ1) is 67.4. The van der Waals surface area contributed by atoms with Gasteiger partial charge in [-0.25, -0.2) is 0 Å². The summed E-state index contributed by atoms with van der Waals surface area (Å²) in [5.74, 6) is 57.6. The van der Waals surface area contributed by atoms with E-state index >= 15 is 0 Å². The summed E-state index contributed by atoms with van der Waals surface area (Å²) in [7, 11) is 0. The molecule has 8 aliphatic rings. The average molecular weight is 1210 g/mol. The standard InChI is InChI=1S/C88H96N4/c1-9-17-53-89(54-18-10-2)85-49-45-69-33-37-77-61-82-43-44-84-64-80-40-36-72-48-52-88(92(59-23-15-7)60-24-16-8)68-76(72)32-28-27-31-75-67-87(91(57-21-13-5)58-22-14-6)51-47-71(75)35-39-78(82)62-81(77)41-42-83(80)63-79(84)38-34-70-46-50-86(90(55-19-11-3)56-20-12-4)66-74(70)30-26-25-29-73(69)65-85/h45-52,61-68H,9-24,41-44,53-60H2,1-8H3. The lowest BCUT2D eigenvalue weighted by Gasteiger charge is -2.25. The minimum absolute atomic E-state index is 0.717. The first-order valence-electron chi connectivity index (χ1n) is 35.3. The number of anilines is 4. The molecule has 8 bridgehead atoms. The number of rotatable bonds is 28. The normalized spacial score (nSPS) is 11.9. The van der Waals surface area contributed by atoms with Crippen molar-refractivity contribution in [2.75, 3.05) is 72.0 Å². The summed E-state index contributed by atoms with van der Waals surface area (Å²) in [6.45, 7) is 26.1. The Morgan fingerprint density at radius 1 is 0.217 bits per heavy atom. The smallest absolute Gasteiger partial charge is 0.0432 e. The van der Waals surface area contributed by atoms with Crippen LogP contribution in [0.2, 0.25) is 0 Å². The quantitative estimate of drug-likeness (QED) is 0.0454. The second kappa shape index (κ2) is 35.6. The van der Waals surface area contributed by atoms with Crippen LogP contribution in [0.25, 0.3) is 0 Å². The highest BCUT2D eigenvalue weighted by atomic mass is 15.1. The van der Waals surface area contributed by atoms with Crippen LogP contribution < -0.4 is 19.6 Å². The molecule has 8 aliphatic carbocycles. The molecule has 0 amide bonds. The number of fused-ring (bicyclic) bond motifs is 2. The van der Waals surface area contributed by atoms with Crippen LogP contribution >= 0.6 is 0 Å². The van der Waals surface area contributed by atoms with Crippen LogP contribution in [0, 0.1) is 94.7 Å². The summed E-state index contributed by atoms with van der Waals surface area (Å²) in [6, 6.07) is 36.1. The predicted octanol–water partition coefficient (Wildman–Crippen LogP) is 18.2. The fourth-order valence-corrected chi connectivity index (χ4v) is 12.2. The highest BCUT2D eigenvalue weighted by Crippen LogP contribution is 2.30. The predicted molar refractivity (Wildman–Crippen MR) is 393 cm³/mol. The van der Waals surface area contributed by atoms with Crippen LogP contribution in [0.1, 0.15) is 247 Å². The molecule has 0 unspecified atom stereocenters. The van der Waals surface area contributed by atoms with Crippen LogP contribution in [0.5, 0.6) is 0 Å². The molecular weight excluding hydrogens is 1110 g/mol. The molecule has 92 heavy (non-hydrogen) atoms. The third-order valence-electron chi connectivity index (χ3n) is 18.0. The number of nitrogens with zero attached hydrogens (tertiary/aromatic N) is 4. The highest BCUT2D eigenvalue weighted by molar-refractivity contribution is 5.69. The van der Waals surface area contributed by atoms with Gasteiger partial charge in [0, 0.05) is 142 Å². The van der Waals surface area contributed by atoms with Crippen LogP contribution in [-0.2, 0) is 25.7 Å². The van der Waals surface area contributed by atoms with E-state index in [0.717, 1.165) is 270 Å². The van der Waals surface area contributed by atoms with Gasteiger partial charge in [-0.2, -0.15) is 0 Å². The van der Waals surface area contributed by atoms with Crippen molar-refractivity contribution >= 4 is 22.7 Å². The highest BCUT2D eigenvalue weighted by Gasteiger charge is 2.19. The van der Waals surface area contributed by atoms with E-state index in [9.17, 15) is 0 Å². The molecule has 4 heteroatoms. The van der Waals surface area contributed by atoms with Gasteiger partial charge in [-0.05, 0) is 220 Å². The van der Waals surface area contributed by atoms with Crippen molar-refractivity contribution in [1.82, 2.24) is 0 Å². The summed E-state index contributed by atoms with van der Waals surface area (Å²) in [4.78, 5) is 10.1. The van der Waals surface area contributed by atoms with Crippen LogP contribution in [0.4, 0.5) is 22.7 Å². The fourth-order valence-electron chi connectivity index (χ4n) is 12.2. The molecule has 0 radical (unpaired) electrons. The first-order valence-corrected chi connectivity index (χ1v) is 35.3. The van der Waals surface area contributed by atoms with Gasteiger partial charge in [-0.1, -0.05) is 178 Å². The molecule has 0 N–H and O–H groups in total. The topological polar surface area (TPSA) is 13.0 Å². The fraction of sp³-hybridized carbons (Fsp3) is 0.409. The molecule has 0 saturated heterocycles. The van der Waals surface area contributed by atoms with Crippen molar-refractivity contribution in [2.45, 2.75) is 184 Å². The molecular formula is C88H96N4. The van der Waals surface area contributed by atoms with E-state index in [2.05, 4.69) is 267 Å². The minimum Gasteiger partial charge on any atom is -0.372 e. The number of hydrogen-bond acceptors (Lipinski definition) is 4. The van der Waals surface area contributed by atoms with Gasteiger partial charge in [0.05, 0.1) is 0 Å². The maximum absolute atomic E-state index is 3.79. The summed E-state index contributed by atoms with van der Waals surface area (Å²) >= 11 is 0. The van der Waals surface area contributed by atoms with E-state index in [1.54, 1.807) is 0 Å². The lowest BCUT2D eigenvalue weighted by Crippen LogP contribution is -2.25. The molecule has 0 aromatic heterocycles. The van der Waals surface area contributed by atoms with Crippen molar-refractivity contribution in [3.63, 3.8) is 0 Å². The number of aryl methyl sites for hydroxylation is 4. The molecule has 6 aromatic rings. The Labute approximate surface area is 556 Å². The molecule has 468 valence electrons. The van der Waals surface area contributed by atoms with Gasteiger partial charge in [0.2, 0.25) is 0 Å². The van der Waals surface area contributed by atoms with Crippen molar-refractivity contribution in [1.29, 1.82) is 0 Å². The van der Waals surface area contributed by atoms with Crippen molar-refractivity contribution < 1.29 is 0 Å². The van der Waals surface area contributed by atoms with Gasteiger partial charge >= 0.3 is 0 Å². The Kier molecular flexibility index (Phi) is 26.1. The van der Waals surface area contributed by atoms with Crippen molar-refractivity contribution in [3.05, 3.63) is 186 Å². The molecule has 0 spiro atoms. The van der Waals surface area contributed by atoms with Gasteiger partial charge < -0.3 is 19.6 Å². The molecule has 0 saturated carbocycles. The van der Waals surface area contributed by atoms with Crippen LogP contribution in [0.15, 0.2) is 97.1 Å². The lowest BCUT2D eigenvalue weighted by molar-refractivity contribution is 0.678. The molecule has 0 atom stereocenters. The van der Waals surface area contributed by atoms with Gasteiger partial charge in [0.1, 0.15) is 0 Å². The third-order valence-corrected chi connectivity index (χ3v) is 18.0. The SMILES string of the molecule is CCCCN(CCCC)c1ccc2c(c1)C#CC#Cc1cc(N(CCCC)CCCC)ccc1C#Cc1cc3c4cc1CCc1cc(c(cc1C#Cc1ccc(N(CCCC)CCCC)cc1C#CC#Cc1cc(N(CCCC)CCCC)ccc1C#C4)CC3)C#C2. The molecule has 14 rings (SSSR count). The summed E-state index contributed by atoms with van der Waals surface area (Å²) in [5, 5.41) is 0. The number of benzene rings is 6. The molecule has 4 nitrogen and oxygen atoms in total. The van der Waals surface area contributed by atoms with Gasteiger partial charge in [-0.15, -0.1) is 0 Å². The Balaban J connectivity index is 1.31. The van der Waals surface area contributed by atoms with Gasteiger partial charge in [0.25, 0.3) is 0 Å². The largest absolute Gasteiger partial charge is 0.372 e. The minimum atomic E-state index is 0.717. The summed E-state index contributed by atoms with van der Waals surface area (Å²) in [5.41, 5.74) is 20.4.